The molecule has 2 aromatic rings. The summed E-state index contributed by atoms with van der Waals surface area (Å²) < 4.78 is 7.44. The van der Waals surface area contributed by atoms with Crippen molar-refractivity contribution in [3.63, 3.8) is 0 Å². The zero-order chi connectivity index (χ0) is 17.0. The van der Waals surface area contributed by atoms with Crippen LogP contribution in [0.4, 0.5) is 0 Å². The van der Waals surface area contributed by atoms with Gasteiger partial charge in [0.15, 0.2) is 0 Å². The van der Waals surface area contributed by atoms with Crippen LogP contribution in [0.3, 0.4) is 0 Å². The summed E-state index contributed by atoms with van der Waals surface area (Å²) >= 11 is 12.1. The fraction of sp³-hybridized carbons (Fsp3) is 0.467. The lowest BCUT2D eigenvalue weighted by Crippen LogP contribution is -2.21. The van der Waals surface area contributed by atoms with Crippen LogP contribution in [0.2, 0.25) is 35.7 Å². The Balaban J connectivity index is 1.99. The molecular formula is C15H21Cl2N3O2Si. The van der Waals surface area contributed by atoms with Gasteiger partial charge in [0.1, 0.15) is 12.8 Å². The highest BCUT2D eigenvalue weighted by Gasteiger charge is 2.20. The van der Waals surface area contributed by atoms with E-state index in [1.807, 2.05) is 0 Å². The molecule has 0 saturated carbocycles. The van der Waals surface area contributed by atoms with Crippen molar-refractivity contribution in [1.29, 1.82) is 0 Å². The van der Waals surface area contributed by atoms with Crippen molar-refractivity contribution in [2.45, 2.75) is 38.5 Å². The predicted octanol–water partition coefficient (Wildman–Crippen LogP) is 3.98. The lowest BCUT2D eigenvalue weighted by atomic mass is 10.1. The van der Waals surface area contributed by atoms with E-state index in [0.717, 1.165) is 12.7 Å². The van der Waals surface area contributed by atoms with Gasteiger partial charge in [0.2, 0.25) is 0 Å². The number of aliphatic hydroxyl groups is 1. The van der Waals surface area contributed by atoms with Gasteiger partial charge >= 0.3 is 0 Å². The molecule has 1 unspecified atom stereocenters. The highest BCUT2D eigenvalue weighted by atomic mass is 35.5. The normalized spacial score (nSPS) is 13.3. The summed E-state index contributed by atoms with van der Waals surface area (Å²) in [4.78, 5) is 8.08. The van der Waals surface area contributed by atoms with Gasteiger partial charge in [0, 0.05) is 38.8 Å². The summed E-state index contributed by atoms with van der Waals surface area (Å²) in [5.74, 6) is 0. The van der Waals surface area contributed by atoms with Crippen LogP contribution in [0.15, 0.2) is 24.9 Å². The molecule has 0 amide bonds. The molecule has 23 heavy (non-hydrogen) atoms. The SMILES string of the molecule is C[Si](C)(C)CCOCn1cnc(C(O)c2c(Cl)cncc2Cl)c1. The zero-order valence-corrected chi connectivity index (χ0v) is 16.0. The number of hydrogen-bond donors (Lipinski definition) is 1. The minimum atomic E-state index is -1.09. The minimum absolute atomic E-state index is 0.311. The highest BCUT2D eigenvalue weighted by molar-refractivity contribution is 6.76. The number of ether oxygens (including phenoxy) is 1. The first kappa shape index (κ1) is 18.4. The third-order valence-corrected chi connectivity index (χ3v) is 5.64. The molecule has 0 fully saturated rings. The van der Waals surface area contributed by atoms with Gasteiger partial charge in [-0.1, -0.05) is 42.8 Å². The van der Waals surface area contributed by atoms with E-state index in [-0.39, 0.29) is 0 Å². The van der Waals surface area contributed by atoms with E-state index in [1.165, 1.54) is 12.4 Å². The van der Waals surface area contributed by atoms with Gasteiger partial charge < -0.3 is 14.4 Å². The molecule has 2 heterocycles. The summed E-state index contributed by atoms with van der Waals surface area (Å²) in [5, 5.41) is 11.1. The third kappa shape index (κ3) is 5.29. The summed E-state index contributed by atoms with van der Waals surface area (Å²) in [6.45, 7) is 8.06. The summed E-state index contributed by atoms with van der Waals surface area (Å²) in [6.07, 6.45) is 5.24. The Labute approximate surface area is 147 Å². The van der Waals surface area contributed by atoms with Gasteiger partial charge in [0.25, 0.3) is 0 Å². The van der Waals surface area contributed by atoms with Gasteiger partial charge in [-0.15, -0.1) is 0 Å². The van der Waals surface area contributed by atoms with Gasteiger partial charge in [0.05, 0.1) is 22.1 Å². The number of aromatic nitrogens is 3. The molecule has 0 aliphatic heterocycles. The van der Waals surface area contributed by atoms with Crippen molar-refractivity contribution in [1.82, 2.24) is 14.5 Å². The lowest BCUT2D eigenvalue weighted by molar-refractivity contribution is 0.0869. The van der Waals surface area contributed by atoms with E-state index >= 15 is 0 Å². The van der Waals surface area contributed by atoms with Crippen LogP contribution >= 0.6 is 23.2 Å². The van der Waals surface area contributed by atoms with Crippen LogP contribution < -0.4 is 0 Å². The molecule has 1 N–H and O–H groups in total. The van der Waals surface area contributed by atoms with Gasteiger partial charge in [-0.3, -0.25) is 4.98 Å². The molecular weight excluding hydrogens is 353 g/mol. The molecule has 2 rings (SSSR count). The first-order chi connectivity index (χ1) is 10.8. The second-order valence-corrected chi connectivity index (χ2v) is 13.0. The molecule has 1 atom stereocenters. The molecule has 0 aromatic carbocycles. The fourth-order valence-corrected chi connectivity index (χ4v) is 3.30. The first-order valence-electron chi connectivity index (χ1n) is 7.34. The quantitative estimate of drug-likeness (QED) is 0.588. The van der Waals surface area contributed by atoms with Crippen molar-refractivity contribution >= 4 is 31.3 Å². The van der Waals surface area contributed by atoms with Crippen LogP contribution in [0.5, 0.6) is 0 Å². The van der Waals surface area contributed by atoms with Gasteiger partial charge in [-0.25, -0.2) is 4.98 Å². The monoisotopic (exact) mass is 373 g/mol. The summed E-state index contributed by atoms with van der Waals surface area (Å²) in [7, 11) is -1.09. The Kier molecular flexibility index (Phi) is 6.22. The Morgan fingerprint density at radius 1 is 1.26 bits per heavy atom. The molecule has 0 bridgehead atoms. The smallest absolute Gasteiger partial charge is 0.125 e. The average Bonchev–Trinajstić information content (AvgIpc) is 2.91. The topological polar surface area (TPSA) is 60.2 Å². The number of rotatable bonds is 7. The summed E-state index contributed by atoms with van der Waals surface area (Å²) in [6, 6.07) is 1.11. The average molecular weight is 374 g/mol. The number of pyridine rings is 1. The zero-order valence-electron chi connectivity index (χ0n) is 13.5. The number of imidazole rings is 1. The second kappa shape index (κ2) is 7.77. The Morgan fingerprint density at radius 3 is 2.52 bits per heavy atom. The van der Waals surface area contributed by atoms with Crippen LogP contribution in [0.1, 0.15) is 17.4 Å². The number of halogens is 2. The number of hydrogen-bond acceptors (Lipinski definition) is 4. The number of aliphatic hydroxyl groups excluding tert-OH is 1. The minimum Gasteiger partial charge on any atom is -0.382 e. The third-order valence-electron chi connectivity index (χ3n) is 3.33. The van der Waals surface area contributed by atoms with Crippen LogP contribution in [0.25, 0.3) is 0 Å². The van der Waals surface area contributed by atoms with E-state index in [0.29, 0.717) is 28.0 Å². The lowest BCUT2D eigenvalue weighted by Gasteiger charge is -2.15. The first-order valence-corrected chi connectivity index (χ1v) is 11.8. The predicted molar refractivity (Wildman–Crippen MR) is 94.7 cm³/mol. The standard InChI is InChI=1S/C15H21Cl2N3O2Si/c1-23(2,3)5-4-22-10-20-8-13(19-9-20)15(21)14-11(16)6-18-7-12(14)17/h6-9,15,21H,4-5,10H2,1-3H3. The van der Waals surface area contributed by atoms with Crippen LogP contribution in [0, 0.1) is 0 Å². The molecule has 0 aliphatic carbocycles. The molecule has 5 nitrogen and oxygen atoms in total. The molecule has 0 radical (unpaired) electrons. The Hall–Kier alpha value is -0.923. The van der Waals surface area contributed by atoms with E-state index in [9.17, 15) is 5.11 Å². The van der Waals surface area contributed by atoms with Crippen molar-refractivity contribution in [2.75, 3.05) is 6.61 Å². The molecule has 126 valence electrons. The molecule has 2 aromatic heterocycles. The van der Waals surface area contributed by atoms with Crippen LogP contribution in [-0.4, -0.2) is 34.3 Å². The van der Waals surface area contributed by atoms with Gasteiger partial charge in [-0.05, 0) is 6.04 Å². The largest absolute Gasteiger partial charge is 0.382 e. The van der Waals surface area contributed by atoms with E-state index in [1.54, 1.807) is 17.1 Å². The van der Waals surface area contributed by atoms with E-state index < -0.39 is 14.2 Å². The molecule has 0 spiro atoms. The molecule has 0 aliphatic rings. The maximum Gasteiger partial charge on any atom is 0.125 e. The Morgan fingerprint density at radius 2 is 1.91 bits per heavy atom. The van der Waals surface area contributed by atoms with Crippen molar-refractivity contribution in [3.05, 3.63) is 46.2 Å². The van der Waals surface area contributed by atoms with Crippen molar-refractivity contribution in [3.8, 4) is 0 Å². The fourth-order valence-electron chi connectivity index (χ4n) is 1.97. The second-order valence-electron chi connectivity index (χ2n) is 6.58. The molecule has 8 heteroatoms. The van der Waals surface area contributed by atoms with Gasteiger partial charge in [-0.2, -0.15) is 0 Å². The maximum absolute atomic E-state index is 10.4. The van der Waals surface area contributed by atoms with Crippen LogP contribution in [-0.2, 0) is 11.5 Å². The van der Waals surface area contributed by atoms with E-state index in [2.05, 4.69) is 29.6 Å². The Bertz CT molecular complexity index is 638. The van der Waals surface area contributed by atoms with Crippen molar-refractivity contribution in [2.24, 2.45) is 0 Å². The van der Waals surface area contributed by atoms with Crippen molar-refractivity contribution < 1.29 is 9.84 Å². The highest BCUT2D eigenvalue weighted by Crippen LogP contribution is 2.32. The summed E-state index contributed by atoms with van der Waals surface area (Å²) in [5.41, 5.74) is 0.877. The maximum atomic E-state index is 10.4. The number of nitrogens with zero attached hydrogens (tertiary/aromatic N) is 3. The van der Waals surface area contributed by atoms with E-state index in [4.69, 9.17) is 27.9 Å². The molecule has 0 saturated heterocycles.